The van der Waals surface area contributed by atoms with Gasteiger partial charge < -0.3 is 30.1 Å². The standard InChI is InChI=1S/C28H38N4O5/c1-6-21-11-22(9-19(5)26(21)36-16-24(34)14-30-25(35)15-33)27-31-28(37-32-27)23-8-18(4)7-20(10-23)13-29-12-17(2)3/h7-11,17,24,29,33-34H,6,12-16H2,1-5H3,(H,30,35)/t24-/m0/s1. The van der Waals surface area contributed by atoms with Crippen LogP contribution in [0.25, 0.3) is 22.8 Å². The Kier molecular flexibility index (Phi) is 10.2. The first kappa shape index (κ1) is 28.3. The van der Waals surface area contributed by atoms with Gasteiger partial charge in [-0.2, -0.15) is 4.98 Å². The van der Waals surface area contributed by atoms with Gasteiger partial charge in [-0.1, -0.05) is 37.6 Å². The van der Waals surface area contributed by atoms with E-state index in [1.165, 1.54) is 5.56 Å². The van der Waals surface area contributed by atoms with Gasteiger partial charge in [-0.3, -0.25) is 4.79 Å². The first-order valence-corrected chi connectivity index (χ1v) is 12.7. The number of aryl methyl sites for hydroxylation is 3. The number of benzene rings is 2. The summed E-state index contributed by atoms with van der Waals surface area (Å²) >= 11 is 0. The number of carbonyl (C=O) groups excluding carboxylic acids is 1. The van der Waals surface area contributed by atoms with Crippen LogP contribution in [-0.4, -0.2) is 58.7 Å². The summed E-state index contributed by atoms with van der Waals surface area (Å²) in [6.45, 7) is 11.5. The van der Waals surface area contributed by atoms with Crippen LogP contribution in [0.2, 0.25) is 0 Å². The Bertz CT molecular complexity index is 1190. The van der Waals surface area contributed by atoms with Crippen LogP contribution in [0.4, 0.5) is 0 Å². The Balaban J connectivity index is 1.75. The van der Waals surface area contributed by atoms with Gasteiger partial charge in [-0.15, -0.1) is 0 Å². The maximum absolute atomic E-state index is 11.2. The Morgan fingerprint density at radius 2 is 1.89 bits per heavy atom. The van der Waals surface area contributed by atoms with E-state index in [4.69, 9.17) is 14.4 Å². The molecule has 2 aromatic carbocycles. The molecule has 0 saturated heterocycles. The second kappa shape index (κ2) is 13.3. The number of aliphatic hydroxyl groups excluding tert-OH is 2. The Morgan fingerprint density at radius 3 is 2.59 bits per heavy atom. The molecule has 37 heavy (non-hydrogen) atoms. The van der Waals surface area contributed by atoms with E-state index in [9.17, 15) is 9.90 Å². The Hall–Kier alpha value is -3.27. The minimum atomic E-state index is -0.904. The fourth-order valence-corrected chi connectivity index (χ4v) is 4.02. The summed E-state index contributed by atoms with van der Waals surface area (Å²) < 4.78 is 11.5. The van der Waals surface area contributed by atoms with Gasteiger partial charge in [0, 0.05) is 24.2 Å². The van der Waals surface area contributed by atoms with Gasteiger partial charge in [0.2, 0.25) is 11.7 Å². The highest BCUT2D eigenvalue weighted by Gasteiger charge is 2.17. The number of ether oxygens (including phenoxy) is 1. The average molecular weight is 511 g/mol. The van der Waals surface area contributed by atoms with E-state index in [1.807, 2.05) is 32.0 Å². The van der Waals surface area contributed by atoms with Gasteiger partial charge in [0.25, 0.3) is 5.89 Å². The highest BCUT2D eigenvalue weighted by atomic mass is 16.5. The van der Waals surface area contributed by atoms with Crippen molar-refractivity contribution in [1.29, 1.82) is 0 Å². The smallest absolute Gasteiger partial charge is 0.258 e. The third kappa shape index (κ3) is 8.11. The first-order chi connectivity index (χ1) is 17.7. The molecule has 1 atom stereocenters. The van der Waals surface area contributed by atoms with Crippen molar-refractivity contribution in [3.63, 3.8) is 0 Å². The van der Waals surface area contributed by atoms with Crippen molar-refractivity contribution in [2.24, 2.45) is 5.92 Å². The van der Waals surface area contributed by atoms with E-state index >= 15 is 0 Å². The van der Waals surface area contributed by atoms with Crippen LogP contribution < -0.4 is 15.4 Å². The molecular formula is C28H38N4O5. The molecule has 0 saturated carbocycles. The molecule has 0 fully saturated rings. The molecule has 1 heterocycles. The lowest BCUT2D eigenvalue weighted by Gasteiger charge is -2.17. The zero-order valence-corrected chi connectivity index (χ0v) is 22.3. The van der Waals surface area contributed by atoms with Crippen LogP contribution in [-0.2, 0) is 17.8 Å². The number of hydrogen-bond acceptors (Lipinski definition) is 8. The lowest BCUT2D eigenvalue weighted by atomic mass is 10.0. The second-order valence-electron chi connectivity index (χ2n) is 9.72. The number of aromatic nitrogens is 2. The van der Waals surface area contributed by atoms with Gasteiger partial charge in [0.15, 0.2) is 0 Å². The topological polar surface area (TPSA) is 130 Å². The van der Waals surface area contributed by atoms with Crippen LogP contribution in [0.5, 0.6) is 5.75 Å². The fraction of sp³-hybridized carbons (Fsp3) is 0.464. The number of aliphatic hydroxyl groups is 2. The number of nitrogens with one attached hydrogen (secondary N) is 2. The molecule has 3 rings (SSSR count). The lowest BCUT2D eigenvalue weighted by Crippen LogP contribution is -2.36. The van der Waals surface area contributed by atoms with Crippen LogP contribution in [0, 0.1) is 19.8 Å². The SMILES string of the molecule is CCc1cc(-c2noc(-c3cc(C)cc(CNCC(C)C)c3)n2)cc(C)c1OC[C@@H](O)CNC(=O)CO. The molecule has 9 heteroatoms. The highest BCUT2D eigenvalue weighted by molar-refractivity contribution is 5.76. The summed E-state index contributed by atoms with van der Waals surface area (Å²) in [6, 6.07) is 10.2. The van der Waals surface area contributed by atoms with Crippen molar-refractivity contribution in [3.05, 3.63) is 52.6 Å². The molecule has 0 radical (unpaired) electrons. The molecule has 0 bridgehead atoms. The van der Waals surface area contributed by atoms with Crippen molar-refractivity contribution in [2.45, 2.75) is 53.7 Å². The van der Waals surface area contributed by atoms with Crippen LogP contribution in [0.3, 0.4) is 0 Å². The lowest BCUT2D eigenvalue weighted by molar-refractivity contribution is -0.124. The van der Waals surface area contributed by atoms with Gasteiger partial charge in [-0.05, 0) is 73.7 Å². The fourth-order valence-electron chi connectivity index (χ4n) is 4.02. The zero-order valence-electron chi connectivity index (χ0n) is 22.3. The third-order valence-electron chi connectivity index (χ3n) is 5.78. The molecule has 200 valence electrons. The largest absolute Gasteiger partial charge is 0.490 e. The van der Waals surface area contributed by atoms with E-state index in [0.717, 1.165) is 40.9 Å². The van der Waals surface area contributed by atoms with Crippen molar-refractivity contribution >= 4 is 5.91 Å². The quantitative estimate of drug-likeness (QED) is 0.276. The molecular weight excluding hydrogens is 472 g/mol. The van der Waals surface area contributed by atoms with Crippen LogP contribution >= 0.6 is 0 Å². The van der Waals surface area contributed by atoms with E-state index in [0.29, 0.717) is 29.8 Å². The molecule has 4 N–H and O–H groups in total. The molecule has 1 amide bonds. The normalized spacial score (nSPS) is 12.1. The monoisotopic (exact) mass is 510 g/mol. The van der Waals surface area contributed by atoms with Crippen LogP contribution in [0.15, 0.2) is 34.9 Å². The summed E-state index contributed by atoms with van der Waals surface area (Å²) in [5, 5.41) is 29.0. The first-order valence-electron chi connectivity index (χ1n) is 12.7. The maximum Gasteiger partial charge on any atom is 0.258 e. The predicted octanol–water partition coefficient (Wildman–Crippen LogP) is 3.18. The number of hydrogen-bond donors (Lipinski definition) is 4. The molecule has 0 spiro atoms. The van der Waals surface area contributed by atoms with Gasteiger partial charge in [0.05, 0.1) is 0 Å². The van der Waals surface area contributed by atoms with E-state index in [2.05, 4.69) is 53.7 Å². The van der Waals surface area contributed by atoms with Crippen molar-refractivity contribution in [1.82, 2.24) is 20.8 Å². The molecule has 0 unspecified atom stereocenters. The van der Waals surface area contributed by atoms with Crippen molar-refractivity contribution in [2.75, 3.05) is 26.3 Å². The Morgan fingerprint density at radius 1 is 1.11 bits per heavy atom. The Labute approximate surface area is 218 Å². The highest BCUT2D eigenvalue weighted by Crippen LogP contribution is 2.31. The summed E-state index contributed by atoms with van der Waals surface area (Å²) in [4.78, 5) is 15.8. The van der Waals surface area contributed by atoms with E-state index < -0.39 is 18.6 Å². The molecule has 1 aromatic heterocycles. The molecule has 0 aliphatic rings. The minimum absolute atomic E-state index is 0.00190. The van der Waals surface area contributed by atoms with Gasteiger partial charge in [-0.25, -0.2) is 0 Å². The molecule has 9 nitrogen and oxygen atoms in total. The molecule has 0 aliphatic carbocycles. The molecule has 3 aromatic rings. The average Bonchev–Trinajstić information content (AvgIpc) is 3.36. The summed E-state index contributed by atoms with van der Waals surface area (Å²) in [6.07, 6.45) is -0.199. The summed E-state index contributed by atoms with van der Waals surface area (Å²) in [7, 11) is 0. The number of carbonyl (C=O) groups is 1. The van der Waals surface area contributed by atoms with Crippen molar-refractivity contribution < 1.29 is 24.3 Å². The molecule has 0 aliphatic heterocycles. The zero-order chi connectivity index (χ0) is 26.9. The third-order valence-corrected chi connectivity index (χ3v) is 5.78. The minimum Gasteiger partial charge on any atom is -0.490 e. The van der Waals surface area contributed by atoms with Crippen LogP contribution in [0.1, 0.15) is 43.0 Å². The summed E-state index contributed by atoms with van der Waals surface area (Å²) in [5.41, 5.74) is 5.82. The second-order valence-corrected chi connectivity index (χ2v) is 9.72. The predicted molar refractivity (Wildman–Crippen MR) is 142 cm³/mol. The van der Waals surface area contributed by atoms with Gasteiger partial charge >= 0.3 is 0 Å². The van der Waals surface area contributed by atoms with Crippen molar-refractivity contribution in [3.8, 4) is 28.6 Å². The maximum atomic E-state index is 11.2. The number of rotatable bonds is 13. The van der Waals surface area contributed by atoms with E-state index in [-0.39, 0.29) is 13.2 Å². The summed E-state index contributed by atoms with van der Waals surface area (Å²) in [5.74, 6) is 1.68. The number of amides is 1. The van der Waals surface area contributed by atoms with E-state index in [1.54, 1.807) is 0 Å². The van der Waals surface area contributed by atoms with Gasteiger partial charge in [0.1, 0.15) is 25.1 Å². The number of nitrogens with zero attached hydrogens (tertiary/aromatic N) is 2.